The molecule has 0 aliphatic heterocycles. The van der Waals surface area contributed by atoms with E-state index in [0.717, 1.165) is 11.1 Å². The molecule has 2 rings (SSSR count). The third-order valence-electron chi connectivity index (χ3n) is 3.50. The zero-order valence-corrected chi connectivity index (χ0v) is 13.7. The van der Waals surface area contributed by atoms with Crippen LogP contribution in [-0.4, -0.2) is 16.2 Å². The molecule has 1 atom stereocenters. The van der Waals surface area contributed by atoms with E-state index in [2.05, 4.69) is 10.6 Å². The van der Waals surface area contributed by atoms with Gasteiger partial charge in [-0.05, 0) is 37.1 Å². The summed E-state index contributed by atoms with van der Waals surface area (Å²) in [6, 6.07) is 10.1. The van der Waals surface area contributed by atoms with E-state index in [-0.39, 0.29) is 17.0 Å². The number of phenolic OH excluding ortho intramolecular Hbond substituents is 1. The molecule has 0 spiro atoms. The highest BCUT2D eigenvalue weighted by molar-refractivity contribution is 6.31. The highest BCUT2D eigenvalue weighted by Crippen LogP contribution is 2.35. The van der Waals surface area contributed by atoms with Crippen molar-refractivity contribution in [3.8, 4) is 5.75 Å². The van der Waals surface area contributed by atoms with E-state index in [1.807, 2.05) is 31.2 Å². The maximum atomic E-state index is 12.0. The number of amides is 2. The van der Waals surface area contributed by atoms with Crippen molar-refractivity contribution >= 4 is 23.3 Å². The molecule has 2 aromatic carbocycles. The average molecular weight is 335 g/mol. The monoisotopic (exact) mass is 334 g/mol. The highest BCUT2D eigenvalue weighted by Gasteiger charge is 2.15. The molecule has 1 unspecified atom stereocenters. The summed E-state index contributed by atoms with van der Waals surface area (Å²) < 4.78 is 0. The number of rotatable bonds is 4. The number of nitrogens with one attached hydrogen (secondary N) is 2. The first-order chi connectivity index (χ1) is 10.9. The Morgan fingerprint density at radius 3 is 2.65 bits per heavy atom. The van der Waals surface area contributed by atoms with Crippen LogP contribution in [0.2, 0.25) is 5.02 Å². The number of aromatic hydroxyl groups is 1. The molecule has 2 amide bonds. The molecule has 0 aliphatic carbocycles. The van der Waals surface area contributed by atoms with Gasteiger partial charge < -0.3 is 20.8 Å². The number of carbonyl (C=O) groups excluding carboxylic acids is 1. The maximum Gasteiger partial charge on any atom is 0.319 e. The van der Waals surface area contributed by atoms with Crippen LogP contribution in [0.15, 0.2) is 36.4 Å². The maximum absolute atomic E-state index is 12.0. The lowest BCUT2D eigenvalue weighted by Crippen LogP contribution is -2.28. The van der Waals surface area contributed by atoms with E-state index < -0.39 is 12.1 Å². The van der Waals surface area contributed by atoms with Crippen LogP contribution in [-0.2, 0) is 6.54 Å². The fourth-order valence-electron chi connectivity index (χ4n) is 2.18. The van der Waals surface area contributed by atoms with Gasteiger partial charge in [0.05, 0.1) is 11.8 Å². The van der Waals surface area contributed by atoms with Crippen LogP contribution in [0.25, 0.3) is 0 Å². The summed E-state index contributed by atoms with van der Waals surface area (Å²) in [6.07, 6.45) is -0.899. The van der Waals surface area contributed by atoms with Crippen LogP contribution in [0.4, 0.5) is 10.5 Å². The van der Waals surface area contributed by atoms with Gasteiger partial charge in [0.15, 0.2) is 0 Å². The van der Waals surface area contributed by atoms with Crippen molar-refractivity contribution in [2.75, 3.05) is 5.32 Å². The number of urea groups is 1. The van der Waals surface area contributed by atoms with Gasteiger partial charge in [0, 0.05) is 17.1 Å². The van der Waals surface area contributed by atoms with Gasteiger partial charge >= 0.3 is 6.03 Å². The number of aliphatic hydroxyl groups excluding tert-OH is 1. The average Bonchev–Trinajstić information content (AvgIpc) is 2.49. The first-order valence-electron chi connectivity index (χ1n) is 7.18. The number of hydrogen-bond donors (Lipinski definition) is 4. The Morgan fingerprint density at radius 1 is 1.30 bits per heavy atom. The van der Waals surface area contributed by atoms with Gasteiger partial charge in [0.1, 0.15) is 5.75 Å². The number of carbonyl (C=O) groups is 1. The fourth-order valence-corrected chi connectivity index (χ4v) is 2.41. The second-order valence-electron chi connectivity index (χ2n) is 5.30. The molecule has 23 heavy (non-hydrogen) atoms. The van der Waals surface area contributed by atoms with E-state index in [1.165, 1.54) is 19.1 Å². The molecule has 6 heteroatoms. The number of aryl methyl sites for hydroxylation is 1. The topological polar surface area (TPSA) is 81.6 Å². The summed E-state index contributed by atoms with van der Waals surface area (Å²) in [5.74, 6) is -0.199. The van der Waals surface area contributed by atoms with Gasteiger partial charge in [-0.2, -0.15) is 0 Å². The van der Waals surface area contributed by atoms with Gasteiger partial charge in [-0.15, -0.1) is 0 Å². The van der Waals surface area contributed by atoms with Gasteiger partial charge in [-0.25, -0.2) is 4.79 Å². The number of phenols is 1. The van der Waals surface area contributed by atoms with Crippen LogP contribution in [0, 0.1) is 6.92 Å². The fraction of sp³-hybridized carbons (Fsp3) is 0.235. The van der Waals surface area contributed by atoms with Crippen molar-refractivity contribution in [1.82, 2.24) is 5.32 Å². The van der Waals surface area contributed by atoms with Crippen molar-refractivity contribution in [2.45, 2.75) is 26.5 Å². The van der Waals surface area contributed by atoms with E-state index >= 15 is 0 Å². The summed E-state index contributed by atoms with van der Waals surface area (Å²) in [4.78, 5) is 12.0. The van der Waals surface area contributed by atoms with Crippen molar-refractivity contribution in [3.63, 3.8) is 0 Å². The number of anilines is 1. The minimum atomic E-state index is -0.899. The lowest BCUT2D eigenvalue weighted by atomic mass is 10.1. The normalized spacial score (nSPS) is 11.8. The standard InChI is InChI=1S/C17H19ClN2O3/c1-10-5-3-4-6-12(10)9-19-17(23)20-15-8-13(18)7-14(11(2)21)16(15)22/h3-8,11,21-22H,9H2,1-2H3,(H2,19,20,23). The minimum absolute atomic E-state index is 0.149. The predicted molar refractivity (Wildman–Crippen MR) is 90.8 cm³/mol. The number of hydrogen-bond acceptors (Lipinski definition) is 3. The molecule has 0 radical (unpaired) electrons. The Labute approximate surface area is 139 Å². The molecular formula is C17H19ClN2O3. The molecule has 0 heterocycles. The molecule has 0 fully saturated rings. The molecule has 4 N–H and O–H groups in total. The van der Waals surface area contributed by atoms with Gasteiger partial charge in [-0.3, -0.25) is 0 Å². The summed E-state index contributed by atoms with van der Waals surface area (Å²) >= 11 is 5.95. The Kier molecular flexibility index (Phi) is 5.47. The lowest BCUT2D eigenvalue weighted by molar-refractivity contribution is 0.195. The molecule has 2 aromatic rings. The predicted octanol–water partition coefficient (Wildman–Crippen LogP) is 3.73. The number of aliphatic hydroxyl groups is 1. The Bertz CT molecular complexity index is 717. The molecule has 0 bridgehead atoms. The van der Waals surface area contributed by atoms with Gasteiger partial charge in [0.2, 0.25) is 0 Å². The van der Waals surface area contributed by atoms with Crippen LogP contribution in [0.5, 0.6) is 5.75 Å². The highest BCUT2D eigenvalue weighted by atomic mass is 35.5. The van der Waals surface area contributed by atoms with Crippen molar-refractivity contribution in [2.24, 2.45) is 0 Å². The molecule has 0 saturated carbocycles. The first-order valence-corrected chi connectivity index (χ1v) is 7.56. The summed E-state index contributed by atoms with van der Waals surface area (Å²) in [6.45, 7) is 3.84. The summed E-state index contributed by atoms with van der Waals surface area (Å²) in [7, 11) is 0. The van der Waals surface area contributed by atoms with E-state index in [1.54, 1.807) is 0 Å². The molecule has 5 nitrogen and oxygen atoms in total. The molecular weight excluding hydrogens is 316 g/mol. The van der Waals surface area contributed by atoms with Crippen LogP contribution >= 0.6 is 11.6 Å². The van der Waals surface area contributed by atoms with Crippen LogP contribution in [0.3, 0.4) is 0 Å². The summed E-state index contributed by atoms with van der Waals surface area (Å²) in [5.41, 5.74) is 2.49. The van der Waals surface area contributed by atoms with Crippen molar-refractivity contribution in [1.29, 1.82) is 0 Å². The van der Waals surface area contributed by atoms with E-state index in [9.17, 15) is 15.0 Å². The third-order valence-corrected chi connectivity index (χ3v) is 3.72. The van der Waals surface area contributed by atoms with Crippen molar-refractivity contribution < 1.29 is 15.0 Å². The molecule has 0 aliphatic rings. The number of halogens is 1. The summed E-state index contributed by atoms with van der Waals surface area (Å²) in [5, 5.41) is 25.3. The zero-order valence-electron chi connectivity index (χ0n) is 12.9. The van der Waals surface area contributed by atoms with Gasteiger partial charge in [-0.1, -0.05) is 35.9 Å². The minimum Gasteiger partial charge on any atom is -0.505 e. The Hall–Kier alpha value is -2.24. The largest absolute Gasteiger partial charge is 0.505 e. The Morgan fingerprint density at radius 2 is 2.00 bits per heavy atom. The first kappa shape index (κ1) is 17.1. The lowest BCUT2D eigenvalue weighted by Gasteiger charge is -2.14. The van der Waals surface area contributed by atoms with Crippen LogP contribution in [0.1, 0.15) is 29.7 Å². The molecule has 122 valence electrons. The van der Waals surface area contributed by atoms with Crippen molar-refractivity contribution in [3.05, 3.63) is 58.1 Å². The smallest absolute Gasteiger partial charge is 0.319 e. The zero-order chi connectivity index (χ0) is 17.0. The van der Waals surface area contributed by atoms with Crippen LogP contribution < -0.4 is 10.6 Å². The molecule has 0 aromatic heterocycles. The van der Waals surface area contributed by atoms with E-state index in [4.69, 9.17) is 11.6 Å². The second kappa shape index (κ2) is 7.35. The number of benzene rings is 2. The second-order valence-corrected chi connectivity index (χ2v) is 5.74. The van der Waals surface area contributed by atoms with Gasteiger partial charge in [0.25, 0.3) is 0 Å². The molecule has 0 saturated heterocycles. The quantitative estimate of drug-likeness (QED) is 0.643. The Balaban J connectivity index is 2.07. The van der Waals surface area contributed by atoms with E-state index in [0.29, 0.717) is 11.6 Å². The third kappa shape index (κ3) is 4.37. The SMILES string of the molecule is Cc1ccccc1CNC(=O)Nc1cc(Cl)cc(C(C)O)c1O.